The van der Waals surface area contributed by atoms with Gasteiger partial charge in [0.2, 0.25) is 5.95 Å². The van der Waals surface area contributed by atoms with Gasteiger partial charge in [-0.05, 0) is 35.9 Å². The summed E-state index contributed by atoms with van der Waals surface area (Å²) in [7, 11) is 0. The number of anilines is 1. The maximum absolute atomic E-state index is 14.7. The van der Waals surface area contributed by atoms with Crippen molar-refractivity contribution in [3.8, 4) is 0 Å². The fourth-order valence-electron chi connectivity index (χ4n) is 4.32. The number of aromatic nitrogens is 3. The third kappa shape index (κ3) is 4.52. The van der Waals surface area contributed by atoms with E-state index in [-0.39, 0.29) is 35.4 Å². The highest BCUT2D eigenvalue weighted by atomic mass is 35.5. The van der Waals surface area contributed by atoms with Crippen LogP contribution in [0.1, 0.15) is 22.0 Å². The minimum atomic E-state index is -0.460. The van der Waals surface area contributed by atoms with E-state index in [1.807, 2.05) is 24.3 Å². The van der Waals surface area contributed by atoms with Crippen LogP contribution in [0.5, 0.6) is 0 Å². The van der Waals surface area contributed by atoms with Crippen LogP contribution < -0.4 is 4.90 Å². The highest BCUT2D eigenvalue weighted by Gasteiger charge is 2.31. The molecule has 1 unspecified atom stereocenters. The number of aromatic amines is 1. The van der Waals surface area contributed by atoms with Gasteiger partial charge in [-0.2, -0.15) is 0 Å². The van der Waals surface area contributed by atoms with Crippen molar-refractivity contribution < 1.29 is 13.9 Å². The molecule has 3 heterocycles. The van der Waals surface area contributed by atoms with E-state index in [4.69, 9.17) is 16.3 Å². The number of H-pyrrole nitrogens is 1. The summed E-state index contributed by atoms with van der Waals surface area (Å²) < 4.78 is 20.3. The predicted octanol–water partition coefficient (Wildman–Crippen LogP) is 4.47. The van der Waals surface area contributed by atoms with E-state index in [0.29, 0.717) is 36.8 Å². The fraction of sp³-hybridized carbons (Fsp3) is 0.240. The van der Waals surface area contributed by atoms with Crippen LogP contribution in [0.3, 0.4) is 0 Å². The molecule has 0 saturated carbocycles. The number of morpholine rings is 1. The average Bonchev–Trinajstić information content (AvgIpc) is 3.32. The third-order valence-electron chi connectivity index (χ3n) is 6.02. The maximum Gasteiger partial charge on any atom is 0.262 e. The molecule has 1 N–H and O–H groups in total. The van der Waals surface area contributed by atoms with Crippen LogP contribution >= 0.6 is 11.6 Å². The van der Waals surface area contributed by atoms with E-state index < -0.39 is 5.82 Å². The molecule has 1 atom stereocenters. The van der Waals surface area contributed by atoms with Gasteiger partial charge in [0.05, 0.1) is 24.8 Å². The number of fused-ring (bicyclic) bond motifs is 1. The number of carbonyl (C=O) groups excluding carboxylic acids is 1. The number of hydrogen-bond acceptors (Lipinski definition) is 5. The number of hydrogen-bond donors (Lipinski definition) is 1. The molecule has 0 radical (unpaired) electrons. The maximum atomic E-state index is 14.7. The second-order valence-corrected chi connectivity index (χ2v) is 8.48. The lowest BCUT2D eigenvalue weighted by Crippen LogP contribution is -2.46. The molecule has 2 aromatic carbocycles. The standard InChI is InChI=1S/C25H23ClFN5O2/c26-18-7-5-17(6-8-18)22(31-11-13-34-14-12-31)16-32(25-28-9-2-10-29-25)24(33)19-15-30-21-4-1-3-20(27)23(19)21/h1-10,15,22,30H,11-14,16H2. The van der Waals surface area contributed by atoms with Gasteiger partial charge >= 0.3 is 0 Å². The summed E-state index contributed by atoms with van der Waals surface area (Å²) in [6.07, 6.45) is 4.72. The molecule has 34 heavy (non-hydrogen) atoms. The molecule has 1 aliphatic rings. The minimum absolute atomic E-state index is 0.163. The summed E-state index contributed by atoms with van der Waals surface area (Å²) >= 11 is 6.13. The SMILES string of the molecule is O=C(c1c[nH]c2cccc(F)c12)N(CC(c1ccc(Cl)cc1)N1CCOCC1)c1ncccn1. The van der Waals surface area contributed by atoms with Crippen LogP contribution in [0.15, 0.2) is 67.1 Å². The lowest BCUT2D eigenvalue weighted by atomic mass is 10.0. The zero-order valence-electron chi connectivity index (χ0n) is 18.3. The zero-order chi connectivity index (χ0) is 23.5. The molecule has 5 rings (SSSR count). The Morgan fingerprint density at radius 1 is 1.12 bits per heavy atom. The van der Waals surface area contributed by atoms with Crippen LogP contribution in [0.25, 0.3) is 10.9 Å². The summed E-state index contributed by atoms with van der Waals surface area (Å²) in [5.41, 5.74) is 1.79. The van der Waals surface area contributed by atoms with Crippen molar-refractivity contribution in [2.45, 2.75) is 6.04 Å². The van der Waals surface area contributed by atoms with Crippen LogP contribution in [0.2, 0.25) is 5.02 Å². The zero-order valence-corrected chi connectivity index (χ0v) is 19.1. The lowest BCUT2D eigenvalue weighted by molar-refractivity contribution is 0.0174. The van der Waals surface area contributed by atoms with Crippen LogP contribution in [0.4, 0.5) is 10.3 Å². The summed E-state index contributed by atoms with van der Waals surface area (Å²) in [5, 5.41) is 0.890. The largest absolute Gasteiger partial charge is 0.379 e. The van der Waals surface area contributed by atoms with E-state index in [9.17, 15) is 9.18 Å². The van der Waals surface area contributed by atoms with Crippen LogP contribution in [0, 0.1) is 5.82 Å². The summed E-state index contributed by atoms with van der Waals surface area (Å²) in [5.74, 6) is -0.585. The van der Waals surface area contributed by atoms with Gasteiger partial charge in [-0.3, -0.25) is 14.6 Å². The normalized spacial score (nSPS) is 15.4. The Morgan fingerprint density at radius 2 is 1.85 bits per heavy atom. The fourth-order valence-corrected chi connectivity index (χ4v) is 4.45. The summed E-state index contributed by atoms with van der Waals surface area (Å²) in [6, 6.07) is 13.8. The van der Waals surface area contributed by atoms with Crippen LogP contribution in [-0.2, 0) is 4.74 Å². The molecule has 9 heteroatoms. The van der Waals surface area contributed by atoms with Crippen molar-refractivity contribution in [1.82, 2.24) is 19.9 Å². The third-order valence-corrected chi connectivity index (χ3v) is 6.27. The predicted molar refractivity (Wildman–Crippen MR) is 129 cm³/mol. The molecule has 174 valence electrons. The number of nitrogens with one attached hydrogen (secondary N) is 1. The van der Waals surface area contributed by atoms with Gasteiger partial charge in [0.25, 0.3) is 5.91 Å². The molecule has 2 aromatic heterocycles. The highest BCUT2D eigenvalue weighted by Crippen LogP contribution is 2.29. The molecule has 1 amide bonds. The Kier molecular flexibility index (Phi) is 6.53. The monoisotopic (exact) mass is 479 g/mol. The van der Waals surface area contributed by atoms with E-state index in [2.05, 4.69) is 19.9 Å². The molecule has 1 aliphatic heterocycles. The number of benzene rings is 2. The number of ether oxygens (including phenoxy) is 1. The van der Waals surface area contributed by atoms with Crippen molar-refractivity contribution in [3.05, 3.63) is 89.1 Å². The Balaban J connectivity index is 1.56. The Hall–Kier alpha value is -3.33. The topological polar surface area (TPSA) is 74.4 Å². The minimum Gasteiger partial charge on any atom is -0.379 e. The molecule has 0 spiro atoms. The van der Waals surface area contributed by atoms with Crippen LogP contribution in [-0.4, -0.2) is 58.6 Å². The first kappa shape index (κ1) is 22.5. The number of nitrogens with zero attached hydrogens (tertiary/aromatic N) is 4. The quantitative estimate of drug-likeness (QED) is 0.441. The first-order chi connectivity index (χ1) is 16.6. The van der Waals surface area contributed by atoms with Gasteiger partial charge in [-0.25, -0.2) is 14.4 Å². The van der Waals surface area contributed by atoms with Crippen molar-refractivity contribution in [2.24, 2.45) is 0 Å². The number of amides is 1. The number of rotatable bonds is 6. The Morgan fingerprint density at radius 3 is 2.59 bits per heavy atom. The number of carbonyl (C=O) groups is 1. The van der Waals surface area contributed by atoms with Crippen molar-refractivity contribution in [3.63, 3.8) is 0 Å². The summed E-state index contributed by atoms with van der Waals surface area (Å²) in [4.78, 5) is 29.3. The first-order valence-corrected chi connectivity index (χ1v) is 11.4. The van der Waals surface area contributed by atoms with E-state index in [1.54, 1.807) is 30.6 Å². The van der Waals surface area contributed by atoms with Gasteiger partial charge in [0, 0.05) is 54.2 Å². The van der Waals surface area contributed by atoms with E-state index in [1.165, 1.54) is 17.2 Å². The van der Waals surface area contributed by atoms with E-state index >= 15 is 0 Å². The van der Waals surface area contributed by atoms with E-state index in [0.717, 1.165) is 5.56 Å². The second kappa shape index (κ2) is 9.89. The molecule has 1 fully saturated rings. The van der Waals surface area contributed by atoms with Crippen molar-refractivity contribution >= 4 is 34.4 Å². The molecule has 4 aromatic rings. The molecule has 0 bridgehead atoms. The molecule has 7 nitrogen and oxygen atoms in total. The second-order valence-electron chi connectivity index (χ2n) is 8.04. The van der Waals surface area contributed by atoms with Gasteiger partial charge < -0.3 is 9.72 Å². The molecule has 0 aliphatic carbocycles. The lowest BCUT2D eigenvalue weighted by Gasteiger charge is -2.37. The van der Waals surface area contributed by atoms with Crippen molar-refractivity contribution in [2.75, 3.05) is 37.7 Å². The van der Waals surface area contributed by atoms with Gasteiger partial charge in [0.1, 0.15) is 5.82 Å². The number of halogens is 2. The Bertz CT molecular complexity index is 1280. The smallest absolute Gasteiger partial charge is 0.262 e. The molecule has 1 saturated heterocycles. The van der Waals surface area contributed by atoms with Gasteiger partial charge in [-0.1, -0.05) is 29.8 Å². The summed E-state index contributed by atoms with van der Waals surface area (Å²) in [6.45, 7) is 2.91. The van der Waals surface area contributed by atoms with Gasteiger partial charge in [0.15, 0.2) is 0 Å². The molecular formula is C25H23ClFN5O2. The first-order valence-electron chi connectivity index (χ1n) is 11.0. The molecular weight excluding hydrogens is 457 g/mol. The highest BCUT2D eigenvalue weighted by molar-refractivity contribution is 6.30. The Labute approximate surface area is 201 Å². The van der Waals surface area contributed by atoms with Crippen molar-refractivity contribution in [1.29, 1.82) is 0 Å². The van der Waals surface area contributed by atoms with Gasteiger partial charge in [-0.15, -0.1) is 0 Å². The average molecular weight is 480 g/mol.